The van der Waals surface area contributed by atoms with Crippen molar-refractivity contribution in [2.75, 3.05) is 21.2 Å². The maximum atomic E-state index is 6.01. The minimum Gasteiger partial charge on any atom is -0.446 e. The summed E-state index contributed by atoms with van der Waals surface area (Å²) < 4.78 is 6.01. The summed E-state index contributed by atoms with van der Waals surface area (Å²) in [6.45, 7) is 10.1. The monoisotopic (exact) mass is 299 g/mol. The van der Waals surface area contributed by atoms with Gasteiger partial charge < -0.3 is 9.33 Å². The number of benzene rings is 1. The van der Waals surface area contributed by atoms with Gasteiger partial charge in [-0.05, 0) is 19.7 Å². The second-order valence-corrected chi connectivity index (χ2v) is 10.7. The van der Waals surface area contributed by atoms with E-state index >= 15 is 0 Å². The molecule has 0 aliphatic carbocycles. The standard InChI is InChI=1S/C17H30NOSi.Li/c1-17(2,3)12-13-20(7,19-6)16-11-9-8-10-15(16)14-18(4)5;/h8-11,13H,12,14H2,1-7H3;/q-1;+1. The van der Waals surface area contributed by atoms with E-state index in [2.05, 4.69) is 76.6 Å². The molecular weight excluding hydrogens is 269 g/mol. The zero-order valence-electron chi connectivity index (χ0n) is 15.2. The van der Waals surface area contributed by atoms with Crippen molar-refractivity contribution >= 4 is 13.5 Å². The molecule has 0 saturated heterocycles. The van der Waals surface area contributed by atoms with E-state index in [0.717, 1.165) is 13.0 Å². The number of hydrogen-bond acceptors (Lipinski definition) is 2. The van der Waals surface area contributed by atoms with Crippen molar-refractivity contribution in [3.63, 3.8) is 0 Å². The van der Waals surface area contributed by atoms with Crippen molar-refractivity contribution in [1.82, 2.24) is 4.90 Å². The number of hydrogen-bond donors (Lipinski definition) is 0. The third kappa shape index (κ3) is 6.71. The Hall–Kier alpha value is -0.0457. The maximum absolute atomic E-state index is 6.01. The molecule has 1 atom stereocenters. The molecule has 0 fully saturated rings. The number of rotatable bonds is 6. The summed E-state index contributed by atoms with van der Waals surface area (Å²) in [5, 5.41) is 1.40. The smallest absolute Gasteiger partial charge is 0.446 e. The van der Waals surface area contributed by atoms with Crippen molar-refractivity contribution in [3.8, 4) is 0 Å². The van der Waals surface area contributed by atoms with Crippen LogP contribution in [0, 0.1) is 11.5 Å². The largest absolute Gasteiger partial charge is 1.00 e. The zero-order valence-corrected chi connectivity index (χ0v) is 16.2. The van der Waals surface area contributed by atoms with E-state index in [4.69, 9.17) is 4.43 Å². The van der Waals surface area contributed by atoms with Crippen LogP contribution in [0.2, 0.25) is 6.55 Å². The van der Waals surface area contributed by atoms with Gasteiger partial charge in [-0.3, -0.25) is 6.04 Å². The Morgan fingerprint density at radius 1 is 1.19 bits per heavy atom. The first-order valence-electron chi connectivity index (χ1n) is 7.30. The summed E-state index contributed by atoms with van der Waals surface area (Å²) in [4.78, 5) is 2.22. The third-order valence-corrected chi connectivity index (χ3v) is 6.96. The molecule has 114 valence electrons. The molecule has 0 bridgehead atoms. The van der Waals surface area contributed by atoms with Crippen LogP contribution in [0.5, 0.6) is 0 Å². The first kappa shape index (κ1) is 21.0. The van der Waals surface area contributed by atoms with Gasteiger partial charge in [-0.1, -0.05) is 62.2 Å². The van der Waals surface area contributed by atoms with Gasteiger partial charge in [-0.15, -0.1) is 0 Å². The van der Waals surface area contributed by atoms with Crippen LogP contribution < -0.4 is 24.0 Å². The van der Waals surface area contributed by atoms with Gasteiger partial charge in [0.25, 0.3) is 0 Å². The Kier molecular flexibility index (Phi) is 8.53. The molecular formula is C17H30LiNOSi. The Morgan fingerprint density at radius 3 is 2.24 bits per heavy atom. The maximum Gasteiger partial charge on any atom is 1.00 e. The summed E-state index contributed by atoms with van der Waals surface area (Å²) in [6, 6.07) is 11.2. The van der Waals surface area contributed by atoms with E-state index < -0.39 is 8.32 Å². The van der Waals surface area contributed by atoms with Gasteiger partial charge >= 0.3 is 18.9 Å². The van der Waals surface area contributed by atoms with Gasteiger partial charge in [0.15, 0.2) is 0 Å². The molecule has 0 heterocycles. The van der Waals surface area contributed by atoms with E-state index in [-0.39, 0.29) is 18.9 Å². The Labute approximate surface area is 144 Å². The molecule has 1 unspecified atom stereocenters. The summed E-state index contributed by atoms with van der Waals surface area (Å²) in [5.74, 6) is 0. The zero-order chi connectivity index (χ0) is 15.4. The Morgan fingerprint density at radius 2 is 1.76 bits per heavy atom. The molecule has 0 N–H and O–H groups in total. The van der Waals surface area contributed by atoms with Crippen molar-refractivity contribution in [2.45, 2.75) is 40.3 Å². The molecule has 1 aromatic rings. The molecule has 0 amide bonds. The molecule has 0 aliphatic heterocycles. The Bertz CT molecular complexity index is 431. The molecule has 1 rings (SSSR count). The molecule has 0 aliphatic rings. The molecule has 1 aromatic carbocycles. The molecule has 4 heteroatoms. The van der Waals surface area contributed by atoms with Crippen LogP contribution in [-0.2, 0) is 11.0 Å². The molecule has 21 heavy (non-hydrogen) atoms. The van der Waals surface area contributed by atoms with Crippen molar-refractivity contribution < 1.29 is 23.3 Å². The predicted molar refractivity (Wildman–Crippen MR) is 90.5 cm³/mol. The SMILES string of the molecule is CO[Si](C)([CH-]CC(C)(C)C)c1ccccc1CN(C)C.[Li+]. The fourth-order valence-corrected chi connectivity index (χ4v) is 5.12. The molecule has 0 aromatic heterocycles. The fraction of sp³-hybridized carbons (Fsp3) is 0.588. The van der Waals surface area contributed by atoms with Crippen LogP contribution in [0.4, 0.5) is 0 Å². The molecule has 0 spiro atoms. The second-order valence-electron chi connectivity index (χ2n) is 7.18. The summed E-state index contributed by atoms with van der Waals surface area (Å²) >= 11 is 0. The van der Waals surface area contributed by atoms with Gasteiger partial charge in [-0.25, -0.2) is 0 Å². The minimum absolute atomic E-state index is 0. The van der Waals surface area contributed by atoms with Crippen molar-refractivity contribution in [2.24, 2.45) is 5.41 Å². The predicted octanol–water partition coefficient (Wildman–Crippen LogP) is 0.361. The molecule has 0 radical (unpaired) electrons. The van der Waals surface area contributed by atoms with Gasteiger partial charge in [0, 0.05) is 13.7 Å². The average Bonchev–Trinajstić information content (AvgIpc) is 2.35. The van der Waals surface area contributed by atoms with Crippen LogP contribution in [0.15, 0.2) is 24.3 Å². The topological polar surface area (TPSA) is 12.5 Å². The van der Waals surface area contributed by atoms with E-state index in [1.807, 2.05) is 7.11 Å². The van der Waals surface area contributed by atoms with E-state index in [0.29, 0.717) is 5.41 Å². The van der Waals surface area contributed by atoms with Crippen LogP contribution in [-0.4, -0.2) is 34.4 Å². The van der Waals surface area contributed by atoms with Crippen molar-refractivity contribution in [3.05, 3.63) is 35.9 Å². The van der Waals surface area contributed by atoms with E-state index in [9.17, 15) is 0 Å². The number of nitrogens with zero attached hydrogens (tertiary/aromatic N) is 1. The van der Waals surface area contributed by atoms with E-state index in [1.54, 1.807) is 0 Å². The van der Waals surface area contributed by atoms with Crippen LogP contribution in [0.25, 0.3) is 0 Å². The van der Waals surface area contributed by atoms with Crippen molar-refractivity contribution in [1.29, 1.82) is 0 Å². The van der Waals surface area contributed by atoms with Gasteiger partial charge in [0.05, 0.1) is 8.32 Å². The van der Waals surface area contributed by atoms with Crippen LogP contribution in [0.3, 0.4) is 0 Å². The quantitative estimate of drug-likeness (QED) is 0.556. The normalized spacial score (nSPS) is 14.7. The second kappa shape index (κ2) is 8.55. The first-order valence-corrected chi connectivity index (χ1v) is 9.79. The Balaban J connectivity index is 0.00000400. The minimum atomic E-state index is -1.97. The van der Waals surface area contributed by atoms with Gasteiger partial charge in [0.2, 0.25) is 0 Å². The summed E-state index contributed by atoms with van der Waals surface area (Å²) in [5.41, 5.74) is 1.70. The molecule has 2 nitrogen and oxygen atoms in total. The first-order chi connectivity index (χ1) is 9.18. The van der Waals surface area contributed by atoms with Crippen LogP contribution >= 0.6 is 0 Å². The summed E-state index contributed by atoms with van der Waals surface area (Å²) in [6.07, 6.45) is 1.08. The van der Waals surface area contributed by atoms with Gasteiger partial charge in [0.1, 0.15) is 0 Å². The van der Waals surface area contributed by atoms with E-state index in [1.165, 1.54) is 10.8 Å². The van der Waals surface area contributed by atoms with Gasteiger partial charge in [-0.2, -0.15) is 6.42 Å². The fourth-order valence-electron chi connectivity index (χ4n) is 2.29. The molecule has 0 saturated carbocycles. The average molecular weight is 299 g/mol. The van der Waals surface area contributed by atoms with Crippen LogP contribution in [0.1, 0.15) is 32.8 Å². The summed E-state index contributed by atoms with van der Waals surface area (Å²) in [7, 11) is 4.11. The third-order valence-electron chi connectivity index (χ3n) is 3.57.